The van der Waals surface area contributed by atoms with E-state index < -0.39 is 20.3 Å². The van der Waals surface area contributed by atoms with Gasteiger partial charge in [0.25, 0.3) is 5.56 Å². The van der Waals surface area contributed by atoms with Gasteiger partial charge in [-0.05, 0) is 37.6 Å². The Hall–Kier alpha value is -3.31. The maximum atomic E-state index is 12.9. The quantitative estimate of drug-likeness (QED) is 0.365. The van der Waals surface area contributed by atoms with Gasteiger partial charge in [-0.25, -0.2) is 13.4 Å². The number of benzene rings is 2. The number of hydrogen-bond acceptors (Lipinski definition) is 8. The smallest absolute Gasteiger partial charge is 0.270 e. The Labute approximate surface area is 195 Å². The molecule has 0 saturated carbocycles. The van der Waals surface area contributed by atoms with Crippen LogP contribution in [0.25, 0.3) is 0 Å². The van der Waals surface area contributed by atoms with E-state index in [2.05, 4.69) is 15.3 Å². The van der Waals surface area contributed by atoms with Crippen molar-refractivity contribution in [3.8, 4) is 11.5 Å². The molecule has 0 aliphatic heterocycles. The molecule has 3 aromatic rings. The summed E-state index contributed by atoms with van der Waals surface area (Å²) in [7, 11) is -1.03. The SMILES string of the molecule is COc1ccc(NC(=O)CSc2ncc(S(=O)(=O)c3ccc(C)cc3C)c(=O)[nH]2)cc1OC. The minimum Gasteiger partial charge on any atom is -0.493 e. The summed E-state index contributed by atoms with van der Waals surface area (Å²) < 4.78 is 36.2. The van der Waals surface area contributed by atoms with Gasteiger partial charge in [-0.2, -0.15) is 0 Å². The second-order valence-corrected chi connectivity index (χ2v) is 9.91. The number of nitrogens with one attached hydrogen (secondary N) is 2. The molecule has 33 heavy (non-hydrogen) atoms. The van der Waals surface area contributed by atoms with E-state index in [-0.39, 0.29) is 21.7 Å². The highest BCUT2D eigenvalue weighted by atomic mass is 32.2. The number of carbonyl (C=O) groups excluding carboxylic acids is 1. The molecule has 0 saturated heterocycles. The van der Waals surface area contributed by atoms with Crippen LogP contribution in [0.3, 0.4) is 0 Å². The minimum atomic E-state index is -4.04. The predicted molar refractivity (Wildman–Crippen MR) is 125 cm³/mol. The molecule has 2 N–H and O–H groups in total. The third-order valence-electron chi connectivity index (χ3n) is 4.66. The number of rotatable bonds is 8. The monoisotopic (exact) mass is 489 g/mol. The largest absolute Gasteiger partial charge is 0.493 e. The van der Waals surface area contributed by atoms with Crippen LogP contribution >= 0.6 is 11.8 Å². The third kappa shape index (κ3) is 5.55. The number of hydrogen-bond donors (Lipinski definition) is 2. The zero-order valence-corrected chi connectivity index (χ0v) is 20.1. The predicted octanol–water partition coefficient (Wildman–Crippen LogP) is 2.97. The van der Waals surface area contributed by atoms with Crippen molar-refractivity contribution in [2.24, 2.45) is 0 Å². The van der Waals surface area contributed by atoms with Crippen molar-refractivity contribution in [3.05, 3.63) is 64.1 Å². The first kappa shape index (κ1) is 24.3. The molecule has 0 unspecified atom stereocenters. The highest BCUT2D eigenvalue weighted by Gasteiger charge is 2.24. The van der Waals surface area contributed by atoms with Crippen molar-refractivity contribution in [2.75, 3.05) is 25.3 Å². The lowest BCUT2D eigenvalue weighted by molar-refractivity contribution is -0.113. The first-order valence-corrected chi connectivity index (χ1v) is 12.2. The first-order chi connectivity index (χ1) is 15.6. The van der Waals surface area contributed by atoms with Gasteiger partial charge in [0.15, 0.2) is 21.6 Å². The summed E-state index contributed by atoms with van der Waals surface area (Å²) in [5.74, 6) is 0.597. The van der Waals surface area contributed by atoms with Crippen LogP contribution in [0.4, 0.5) is 5.69 Å². The zero-order valence-electron chi connectivity index (χ0n) is 18.5. The molecular weight excluding hydrogens is 466 g/mol. The van der Waals surface area contributed by atoms with Crippen LogP contribution in [-0.2, 0) is 14.6 Å². The normalized spacial score (nSPS) is 11.2. The molecule has 3 rings (SSSR count). The Morgan fingerprint density at radius 3 is 2.42 bits per heavy atom. The number of aromatic nitrogens is 2. The van der Waals surface area contributed by atoms with Crippen molar-refractivity contribution in [2.45, 2.75) is 28.8 Å². The Bertz CT molecular complexity index is 1350. The van der Waals surface area contributed by atoms with Crippen molar-refractivity contribution in [3.63, 3.8) is 0 Å². The molecule has 0 aliphatic rings. The van der Waals surface area contributed by atoms with Gasteiger partial charge < -0.3 is 19.8 Å². The van der Waals surface area contributed by atoms with Gasteiger partial charge in [-0.15, -0.1) is 0 Å². The first-order valence-electron chi connectivity index (χ1n) is 9.72. The third-order valence-corrected chi connectivity index (χ3v) is 7.45. The maximum absolute atomic E-state index is 12.9. The fraction of sp³-hybridized carbons (Fsp3) is 0.227. The van der Waals surface area contributed by atoms with Crippen LogP contribution in [0.1, 0.15) is 11.1 Å². The molecule has 0 bridgehead atoms. The van der Waals surface area contributed by atoms with Crippen molar-refractivity contribution >= 4 is 33.2 Å². The van der Waals surface area contributed by atoms with Crippen LogP contribution in [0.2, 0.25) is 0 Å². The molecule has 1 heterocycles. The molecule has 174 valence electrons. The molecule has 2 aromatic carbocycles. The number of ether oxygens (including phenoxy) is 2. The summed E-state index contributed by atoms with van der Waals surface area (Å²) in [6.45, 7) is 3.52. The lowest BCUT2D eigenvalue weighted by Crippen LogP contribution is -2.20. The van der Waals surface area contributed by atoms with Crippen LogP contribution in [-0.4, -0.2) is 44.3 Å². The number of anilines is 1. The molecule has 9 nitrogen and oxygen atoms in total. The number of nitrogens with zero attached hydrogens (tertiary/aromatic N) is 1. The molecule has 1 amide bonds. The van der Waals surface area contributed by atoms with E-state index in [0.717, 1.165) is 23.5 Å². The van der Waals surface area contributed by atoms with Gasteiger partial charge in [0.1, 0.15) is 0 Å². The second kappa shape index (κ2) is 10.1. The number of methoxy groups -OCH3 is 2. The second-order valence-electron chi connectivity index (χ2n) is 7.06. The number of amides is 1. The van der Waals surface area contributed by atoms with Crippen molar-refractivity contribution < 1.29 is 22.7 Å². The fourth-order valence-corrected chi connectivity index (χ4v) is 5.18. The Balaban J connectivity index is 1.70. The number of carbonyl (C=O) groups is 1. The molecule has 0 radical (unpaired) electrons. The lowest BCUT2D eigenvalue weighted by atomic mass is 10.2. The average molecular weight is 490 g/mol. The summed E-state index contributed by atoms with van der Waals surface area (Å²) in [5, 5.41) is 2.84. The summed E-state index contributed by atoms with van der Waals surface area (Å²) >= 11 is 0.970. The Kier molecular flexibility index (Phi) is 7.44. The number of aryl methyl sites for hydroxylation is 2. The molecule has 11 heteroatoms. The summed E-state index contributed by atoms with van der Waals surface area (Å²) in [4.78, 5) is 30.8. The van der Waals surface area contributed by atoms with E-state index >= 15 is 0 Å². The summed E-state index contributed by atoms with van der Waals surface area (Å²) in [6.07, 6.45) is 1.02. The van der Waals surface area contributed by atoms with E-state index in [1.54, 1.807) is 37.3 Å². The van der Waals surface area contributed by atoms with Crippen LogP contribution in [0.15, 0.2) is 62.3 Å². The van der Waals surface area contributed by atoms with Crippen LogP contribution in [0, 0.1) is 13.8 Å². The molecule has 0 fully saturated rings. The van der Waals surface area contributed by atoms with Crippen molar-refractivity contribution in [1.82, 2.24) is 9.97 Å². The zero-order chi connectivity index (χ0) is 24.2. The molecule has 0 spiro atoms. The number of H-pyrrole nitrogens is 1. The molecule has 0 atom stereocenters. The van der Waals surface area contributed by atoms with E-state index in [1.807, 2.05) is 6.92 Å². The van der Waals surface area contributed by atoms with Crippen LogP contribution < -0.4 is 20.3 Å². The number of thioether (sulfide) groups is 1. The van der Waals surface area contributed by atoms with Crippen LogP contribution in [0.5, 0.6) is 11.5 Å². The van der Waals surface area contributed by atoms with E-state index in [4.69, 9.17) is 9.47 Å². The highest BCUT2D eigenvalue weighted by molar-refractivity contribution is 7.99. The standard InChI is InChI=1S/C22H23N3O6S2/c1-13-5-8-18(14(2)9-13)33(28,29)19-11-23-22(25-21(19)27)32-12-20(26)24-15-6-7-16(30-3)17(10-15)31-4/h5-11H,12H2,1-4H3,(H,24,26)(H,23,25,27). The van der Waals surface area contributed by atoms with E-state index in [0.29, 0.717) is 22.7 Å². The molecular formula is C22H23N3O6S2. The lowest BCUT2D eigenvalue weighted by Gasteiger charge is -2.10. The van der Waals surface area contributed by atoms with E-state index in [1.165, 1.54) is 20.3 Å². The highest BCUT2D eigenvalue weighted by Crippen LogP contribution is 2.30. The average Bonchev–Trinajstić information content (AvgIpc) is 2.77. The number of sulfone groups is 1. The molecule has 0 aliphatic carbocycles. The minimum absolute atomic E-state index is 0.0510. The number of aromatic amines is 1. The van der Waals surface area contributed by atoms with Gasteiger partial charge in [-0.1, -0.05) is 29.5 Å². The van der Waals surface area contributed by atoms with Gasteiger partial charge in [0.05, 0.1) is 31.1 Å². The van der Waals surface area contributed by atoms with Gasteiger partial charge >= 0.3 is 0 Å². The van der Waals surface area contributed by atoms with E-state index in [9.17, 15) is 18.0 Å². The molecule has 1 aromatic heterocycles. The van der Waals surface area contributed by atoms with Gasteiger partial charge in [0, 0.05) is 11.8 Å². The maximum Gasteiger partial charge on any atom is 0.270 e. The van der Waals surface area contributed by atoms with Gasteiger partial charge in [-0.3, -0.25) is 9.59 Å². The van der Waals surface area contributed by atoms with Crippen molar-refractivity contribution in [1.29, 1.82) is 0 Å². The summed E-state index contributed by atoms with van der Waals surface area (Å²) in [5.41, 5.74) is 1.17. The Morgan fingerprint density at radius 1 is 1.06 bits per heavy atom. The summed E-state index contributed by atoms with van der Waals surface area (Å²) in [6, 6.07) is 9.82. The van der Waals surface area contributed by atoms with Gasteiger partial charge in [0.2, 0.25) is 15.7 Å². The fourth-order valence-electron chi connectivity index (χ4n) is 3.10. The topological polar surface area (TPSA) is 127 Å². The Morgan fingerprint density at radius 2 is 1.79 bits per heavy atom.